The number of piperazine rings is 1. The molecule has 0 aliphatic carbocycles. The molecule has 1 aliphatic rings. The van der Waals surface area contributed by atoms with Gasteiger partial charge in [-0.3, -0.25) is 14.5 Å². The fourth-order valence-electron chi connectivity index (χ4n) is 3.69. The molecule has 172 valence electrons. The number of hydrogen-bond acceptors (Lipinski definition) is 4. The number of benzene rings is 2. The van der Waals surface area contributed by atoms with Gasteiger partial charge in [0.05, 0.1) is 0 Å². The highest BCUT2D eigenvalue weighted by Gasteiger charge is 2.25. The maximum atomic E-state index is 13.1. The summed E-state index contributed by atoms with van der Waals surface area (Å²) in [7, 11) is 0. The van der Waals surface area contributed by atoms with Gasteiger partial charge in [0.25, 0.3) is 5.91 Å². The van der Waals surface area contributed by atoms with Crippen molar-refractivity contribution in [3.63, 3.8) is 0 Å². The van der Waals surface area contributed by atoms with Gasteiger partial charge >= 0.3 is 0 Å². The Morgan fingerprint density at radius 2 is 1.62 bits per heavy atom. The van der Waals surface area contributed by atoms with Gasteiger partial charge in [0, 0.05) is 55.5 Å². The molecule has 32 heavy (non-hydrogen) atoms. The second-order valence-corrected chi connectivity index (χ2v) is 8.73. The van der Waals surface area contributed by atoms with Crippen LogP contribution in [0, 0.1) is 11.7 Å². The number of amides is 2. The fourth-order valence-corrected chi connectivity index (χ4v) is 3.82. The second kappa shape index (κ2) is 11.3. The summed E-state index contributed by atoms with van der Waals surface area (Å²) >= 11 is 5.87. The van der Waals surface area contributed by atoms with Crippen molar-refractivity contribution in [1.82, 2.24) is 15.5 Å². The van der Waals surface area contributed by atoms with E-state index in [1.54, 1.807) is 36.4 Å². The van der Waals surface area contributed by atoms with E-state index in [-0.39, 0.29) is 23.5 Å². The van der Waals surface area contributed by atoms with Gasteiger partial charge in [0.1, 0.15) is 11.9 Å². The van der Waals surface area contributed by atoms with Crippen LogP contribution < -0.4 is 15.5 Å². The molecule has 0 saturated carbocycles. The standard InChI is InChI=1S/C24H30ClFN4O2/c1-17(2)22(28-23(31)18-3-5-19(25)6-4-18)24(32)27-11-12-29-13-15-30(16-14-29)21-9-7-20(26)8-10-21/h3-10,17,22H,11-16H2,1-2H3,(H,27,32)(H,28,31). The maximum absolute atomic E-state index is 13.1. The number of carbonyl (C=O) groups is 2. The van der Waals surface area contributed by atoms with E-state index in [1.165, 1.54) is 12.1 Å². The first-order chi connectivity index (χ1) is 15.3. The Morgan fingerprint density at radius 3 is 2.22 bits per heavy atom. The molecule has 1 fully saturated rings. The minimum atomic E-state index is -0.617. The van der Waals surface area contributed by atoms with E-state index >= 15 is 0 Å². The van der Waals surface area contributed by atoms with Gasteiger partial charge in [-0.05, 0) is 54.4 Å². The molecule has 1 atom stereocenters. The van der Waals surface area contributed by atoms with Gasteiger partial charge in [0.2, 0.25) is 5.91 Å². The normalized spacial score (nSPS) is 15.5. The SMILES string of the molecule is CC(C)C(NC(=O)c1ccc(Cl)cc1)C(=O)NCCN1CCN(c2ccc(F)cc2)CC1. The monoisotopic (exact) mass is 460 g/mol. The van der Waals surface area contributed by atoms with Crippen LogP contribution >= 0.6 is 11.6 Å². The summed E-state index contributed by atoms with van der Waals surface area (Å²) in [5.41, 5.74) is 1.49. The van der Waals surface area contributed by atoms with E-state index in [9.17, 15) is 14.0 Å². The largest absolute Gasteiger partial charge is 0.369 e. The number of carbonyl (C=O) groups excluding carboxylic acids is 2. The predicted molar refractivity (Wildman–Crippen MR) is 126 cm³/mol. The van der Waals surface area contributed by atoms with Crippen LogP contribution in [0.1, 0.15) is 24.2 Å². The van der Waals surface area contributed by atoms with Crippen molar-refractivity contribution in [3.8, 4) is 0 Å². The number of halogens is 2. The lowest BCUT2D eigenvalue weighted by atomic mass is 10.0. The summed E-state index contributed by atoms with van der Waals surface area (Å²) in [5, 5.41) is 6.34. The number of rotatable bonds is 8. The van der Waals surface area contributed by atoms with Gasteiger partial charge in [-0.25, -0.2) is 4.39 Å². The van der Waals surface area contributed by atoms with Crippen molar-refractivity contribution in [2.45, 2.75) is 19.9 Å². The Balaban J connectivity index is 1.43. The van der Waals surface area contributed by atoms with Crippen LogP contribution in [0.2, 0.25) is 5.02 Å². The van der Waals surface area contributed by atoms with Crippen LogP contribution in [0.4, 0.5) is 10.1 Å². The average Bonchev–Trinajstić information content (AvgIpc) is 2.78. The molecule has 0 bridgehead atoms. The van der Waals surface area contributed by atoms with Crippen LogP contribution in [-0.4, -0.2) is 62.0 Å². The molecule has 1 unspecified atom stereocenters. The highest BCUT2D eigenvalue weighted by molar-refractivity contribution is 6.30. The molecule has 1 aliphatic heterocycles. The van der Waals surface area contributed by atoms with Gasteiger partial charge < -0.3 is 15.5 Å². The third kappa shape index (κ3) is 6.68. The Bertz CT molecular complexity index is 897. The highest BCUT2D eigenvalue weighted by Crippen LogP contribution is 2.16. The number of nitrogens with zero attached hydrogens (tertiary/aromatic N) is 2. The van der Waals surface area contributed by atoms with E-state index in [4.69, 9.17) is 11.6 Å². The van der Waals surface area contributed by atoms with Crippen LogP contribution in [0.5, 0.6) is 0 Å². The minimum Gasteiger partial charge on any atom is -0.369 e. The van der Waals surface area contributed by atoms with E-state index in [1.807, 2.05) is 13.8 Å². The van der Waals surface area contributed by atoms with Gasteiger partial charge in [0.15, 0.2) is 0 Å². The molecule has 3 rings (SSSR count). The molecule has 0 aromatic heterocycles. The van der Waals surface area contributed by atoms with Crippen molar-refractivity contribution < 1.29 is 14.0 Å². The average molecular weight is 461 g/mol. The molecule has 6 nitrogen and oxygen atoms in total. The smallest absolute Gasteiger partial charge is 0.251 e. The predicted octanol–water partition coefficient (Wildman–Crippen LogP) is 3.17. The zero-order valence-corrected chi connectivity index (χ0v) is 19.2. The van der Waals surface area contributed by atoms with Crippen LogP contribution in [0.25, 0.3) is 0 Å². The second-order valence-electron chi connectivity index (χ2n) is 8.30. The molecule has 2 aromatic rings. The first-order valence-corrected chi connectivity index (χ1v) is 11.3. The summed E-state index contributed by atoms with van der Waals surface area (Å²) in [4.78, 5) is 29.7. The quantitative estimate of drug-likeness (QED) is 0.635. The van der Waals surface area contributed by atoms with Crippen LogP contribution in [-0.2, 0) is 4.79 Å². The molecule has 1 heterocycles. The lowest BCUT2D eigenvalue weighted by Crippen LogP contribution is -2.52. The molecule has 0 radical (unpaired) electrons. The van der Waals surface area contributed by atoms with E-state index in [0.29, 0.717) is 17.1 Å². The summed E-state index contributed by atoms with van der Waals surface area (Å²) in [6.07, 6.45) is 0. The zero-order valence-electron chi connectivity index (χ0n) is 18.5. The summed E-state index contributed by atoms with van der Waals surface area (Å²) < 4.78 is 13.1. The third-order valence-electron chi connectivity index (χ3n) is 5.63. The summed E-state index contributed by atoms with van der Waals surface area (Å²) in [6, 6.07) is 12.5. The molecule has 2 aromatic carbocycles. The molecule has 1 saturated heterocycles. The third-order valence-corrected chi connectivity index (χ3v) is 5.89. The minimum absolute atomic E-state index is 0.0505. The molecule has 8 heteroatoms. The molecular formula is C24H30ClFN4O2. The fraction of sp³-hybridized carbons (Fsp3) is 0.417. The van der Waals surface area contributed by atoms with Crippen molar-refractivity contribution >= 4 is 29.1 Å². The Hall–Kier alpha value is -2.64. The number of hydrogen-bond donors (Lipinski definition) is 2. The molecule has 0 spiro atoms. The highest BCUT2D eigenvalue weighted by atomic mass is 35.5. The lowest BCUT2D eigenvalue weighted by molar-refractivity contribution is -0.124. The lowest BCUT2D eigenvalue weighted by Gasteiger charge is -2.36. The summed E-state index contributed by atoms with van der Waals surface area (Å²) in [5.74, 6) is -0.766. The van der Waals surface area contributed by atoms with Gasteiger partial charge in [-0.15, -0.1) is 0 Å². The van der Waals surface area contributed by atoms with Gasteiger partial charge in [-0.1, -0.05) is 25.4 Å². The Labute approximate surface area is 193 Å². The Morgan fingerprint density at radius 1 is 1.00 bits per heavy atom. The number of nitrogens with one attached hydrogen (secondary N) is 2. The van der Waals surface area contributed by atoms with E-state index in [2.05, 4.69) is 20.4 Å². The van der Waals surface area contributed by atoms with Crippen molar-refractivity contribution in [2.75, 3.05) is 44.2 Å². The number of anilines is 1. The zero-order chi connectivity index (χ0) is 23.1. The van der Waals surface area contributed by atoms with Crippen molar-refractivity contribution in [3.05, 3.63) is 64.9 Å². The topological polar surface area (TPSA) is 64.7 Å². The van der Waals surface area contributed by atoms with Crippen LogP contribution in [0.3, 0.4) is 0 Å². The first-order valence-electron chi connectivity index (χ1n) is 10.9. The van der Waals surface area contributed by atoms with E-state index < -0.39 is 6.04 Å². The molecule has 2 N–H and O–H groups in total. The Kier molecular flexibility index (Phi) is 8.47. The molecular weight excluding hydrogens is 431 g/mol. The van der Waals surface area contributed by atoms with Crippen LogP contribution in [0.15, 0.2) is 48.5 Å². The van der Waals surface area contributed by atoms with Crippen molar-refractivity contribution in [1.29, 1.82) is 0 Å². The van der Waals surface area contributed by atoms with Gasteiger partial charge in [-0.2, -0.15) is 0 Å². The van der Waals surface area contributed by atoms with Crippen molar-refractivity contribution in [2.24, 2.45) is 5.92 Å². The summed E-state index contributed by atoms with van der Waals surface area (Å²) in [6.45, 7) is 8.50. The van der Waals surface area contributed by atoms with E-state index in [0.717, 1.165) is 38.4 Å². The maximum Gasteiger partial charge on any atom is 0.251 e. The first kappa shape index (κ1) is 24.0. The molecule has 2 amide bonds.